The van der Waals surface area contributed by atoms with Gasteiger partial charge in [-0.1, -0.05) is 35.0 Å². The molecule has 1 aromatic rings. The summed E-state index contributed by atoms with van der Waals surface area (Å²) in [5, 5.41) is 0. The highest BCUT2D eigenvalue weighted by atomic mass is 79.9. The van der Waals surface area contributed by atoms with Gasteiger partial charge in [0, 0.05) is 29.6 Å². The zero-order valence-corrected chi connectivity index (χ0v) is 12.2. The molecule has 1 heterocycles. The highest BCUT2D eigenvalue weighted by Crippen LogP contribution is 2.24. The van der Waals surface area contributed by atoms with Gasteiger partial charge in [0.05, 0.1) is 0 Å². The third kappa shape index (κ3) is 3.09. The molecular weight excluding hydrogens is 276 g/mol. The molecule has 1 saturated heterocycles. The summed E-state index contributed by atoms with van der Waals surface area (Å²) >= 11 is 3.52. The molecule has 1 aliphatic rings. The normalized spacial score (nSPS) is 30.5. The molecule has 0 radical (unpaired) electrons. The number of nitrogens with two attached hydrogens (primary N) is 1. The van der Waals surface area contributed by atoms with Crippen molar-refractivity contribution in [3.8, 4) is 0 Å². The molecule has 2 nitrogen and oxygen atoms in total. The Hall–Kier alpha value is -0.380. The number of nitrogens with zero attached hydrogens (tertiary/aromatic N) is 1. The number of hydrogen-bond acceptors (Lipinski definition) is 2. The smallest absolute Gasteiger partial charge is 0.0237 e. The van der Waals surface area contributed by atoms with Gasteiger partial charge in [0.2, 0.25) is 0 Å². The first-order valence-electron chi connectivity index (χ1n) is 6.32. The van der Waals surface area contributed by atoms with Crippen molar-refractivity contribution in [2.75, 3.05) is 6.54 Å². The van der Waals surface area contributed by atoms with Crippen molar-refractivity contribution in [1.82, 2.24) is 4.90 Å². The number of piperidine rings is 1. The van der Waals surface area contributed by atoms with E-state index < -0.39 is 0 Å². The first-order valence-corrected chi connectivity index (χ1v) is 7.11. The molecule has 0 spiro atoms. The summed E-state index contributed by atoms with van der Waals surface area (Å²) in [5.41, 5.74) is 7.48. The van der Waals surface area contributed by atoms with Crippen LogP contribution in [0.4, 0.5) is 0 Å². The molecule has 1 fully saturated rings. The number of hydrogen-bond donors (Lipinski definition) is 1. The molecule has 0 saturated carbocycles. The van der Waals surface area contributed by atoms with E-state index in [1.807, 2.05) is 0 Å². The molecule has 0 amide bonds. The Bertz CT molecular complexity index is 380. The molecule has 94 valence electrons. The third-order valence-corrected chi connectivity index (χ3v) is 4.53. The van der Waals surface area contributed by atoms with Crippen LogP contribution in [0.2, 0.25) is 0 Å². The molecule has 1 aromatic carbocycles. The highest BCUT2D eigenvalue weighted by Gasteiger charge is 2.29. The summed E-state index contributed by atoms with van der Waals surface area (Å²) in [4.78, 5) is 2.54. The van der Waals surface area contributed by atoms with E-state index in [9.17, 15) is 0 Å². The summed E-state index contributed by atoms with van der Waals surface area (Å²) < 4.78 is 1.16. The lowest BCUT2D eigenvalue weighted by Gasteiger charge is -2.41. The van der Waals surface area contributed by atoms with Crippen LogP contribution in [0.3, 0.4) is 0 Å². The van der Waals surface area contributed by atoms with Crippen molar-refractivity contribution in [2.24, 2.45) is 11.7 Å². The van der Waals surface area contributed by atoms with Crippen molar-refractivity contribution in [1.29, 1.82) is 0 Å². The summed E-state index contributed by atoms with van der Waals surface area (Å²) in [7, 11) is 0. The molecular formula is C14H21BrN2. The van der Waals surface area contributed by atoms with E-state index in [-0.39, 0.29) is 0 Å². The topological polar surface area (TPSA) is 29.3 Å². The van der Waals surface area contributed by atoms with Gasteiger partial charge in [-0.3, -0.25) is 4.90 Å². The zero-order valence-electron chi connectivity index (χ0n) is 10.6. The predicted molar refractivity (Wildman–Crippen MR) is 75.8 cm³/mol. The van der Waals surface area contributed by atoms with Crippen LogP contribution < -0.4 is 5.73 Å². The Labute approximate surface area is 112 Å². The molecule has 3 atom stereocenters. The second-order valence-electron chi connectivity index (χ2n) is 5.15. The molecule has 1 aliphatic heterocycles. The van der Waals surface area contributed by atoms with Crippen LogP contribution >= 0.6 is 15.9 Å². The Kier molecular flexibility index (Phi) is 4.23. The molecule has 0 bridgehead atoms. The van der Waals surface area contributed by atoms with Gasteiger partial charge >= 0.3 is 0 Å². The van der Waals surface area contributed by atoms with E-state index in [0.717, 1.165) is 24.0 Å². The molecule has 3 unspecified atom stereocenters. The number of likely N-dealkylation sites (tertiary alicyclic amines) is 1. The number of benzene rings is 1. The molecule has 0 aromatic heterocycles. The van der Waals surface area contributed by atoms with Crippen LogP contribution in [0.5, 0.6) is 0 Å². The van der Waals surface area contributed by atoms with E-state index in [1.165, 1.54) is 5.56 Å². The Morgan fingerprint density at radius 2 is 2.18 bits per heavy atom. The van der Waals surface area contributed by atoms with Crippen LogP contribution in [-0.4, -0.2) is 23.5 Å². The maximum Gasteiger partial charge on any atom is 0.0237 e. The van der Waals surface area contributed by atoms with Gasteiger partial charge in [0.15, 0.2) is 0 Å². The standard InChI is InChI=1S/C14H21BrN2/c1-10-11(2)17(7-6-14(10)16)9-12-4-3-5-13(15)8-12/h3-5,8,10-11,14H,6-7,9,16H2,1-2H3. The van der Waals surface area contributed by atoms with E-state index in [1.54, 1.807) is 0 Å². The number of rotatable bonds is 2. The quantitative estimate of drug-likeness (QED) is 0.909. The van der Waals surface area contributed by atoms with E-state index in [0.29, 0.717) is 18.0 Å². The molecule has 3 heteroatoms. The summed E-state index contributed by atoms with van der Waals surface area (Å²) in [6.45, 7) is 6.70. The third-order valence-electron chi connectivity index (χ3n) is 4.04. The Morgan fingerprint density at radius 1 is 1.41 bits per heavy atom. The lowest BCUT2D eigenvalue weighted by molar-refractivity contribution is 0.0910. The SMILES string of the molecule is CC1C(N)CCN(Cc2cccc(Br)c2)C1C. The minimum Gasteiger partial charge on any atom is -0.327 e. The van der Waals surface area contributed by atoms with Gasteiger partial charge in [-0.25, -0.2) is 0 Å². The lowest BCUT2D eigenvalue weighted by Crippen LogP contribution is -2.51. The minimum absolute atomic E-state index is 0.365. The zero-order chi connectivity index (χ0) is 12.4. The van der Waals surface area contributed by atoms with Gasteiger partial charge in [-0.2, -0.15) is 0 Å². The fourth-order valence-corrected chi connectivity index (χ4v) is 3.01. The van der Waals surface area contributed by atoms with Crippen LogP contribution in [0.15, 0.2) is 28.7 Å². The van der Waals surface area contributed by atoms with Crippen molar-refractivity contribution in [2.45, 2.75) is 38.9 Å². The van der Waals surface area contributed by atoms with Gasteiger partial charge in [-0.05, 0) is 37.0 Å². The maximum atomic E-state index is 6.11. The molecule has 2 rings (SSSR count). The Balaban J connectivity index is 2.04. The maximum absolute atomic E-state index is 6.11. The van der Waals surface area contributed by atoms with Crippen molar-refractivity contribution in [3.63, 3.8) is 0 Å². The highest BCUT2D eigenvalue weighted by molar-refractivity contribution is 9.10. The lowest BCUT2D eigenvalue weighted by atomic mass is 9.87. The second kappa shape index (κ2) is 5.51. The summed E-state index contributed by atoms with van der Waals surface area (Å²) in [6, 6.07) is 9.49. The van der Waals surface area contributed by atoms with Crippen molar-refractivity contribution < 1.29 is 0 Å². The van der Waals surface area contributed by atoms with E-state index in [2.05, 4.69) is 58.9 Å². The van der Waals surface area contributed by atoms with Crippen LogP contribution in [-0.2, 0) is 6.54 Å². The van der Waals surface area contributed by atoms with Crippen LogP contribution in [0, 0.1) is 5.92 Å². The van der Waals surface area contributed by atoms with E-state index >= 15 is 0 Å². The van der Waals surface area contributed by atoms with Gasteiger partial charge in [0.1, 0.15) is 0 Å². The van der Waals surface area contributed by atoms with Gasteiger partial charge in [0.25, 0.3) is 0 Å². The van der Waals surface area contributed by atoms with Gasteiger partial charge in [-0.15, -0.1) is 0 Å². The first kappa shape index (κ1) is 13.1. The van der Waals surface area contributed by atoms with Crippen LogP contribution in [0.1, 0.15) is 25.8 Å². The average molecular weight is 297 g/mol. The summed E-state index contributed by atoms with van der Waals surface area (Å²) in [5.74, 6) is 0.580. The monoisotopic (exact) mass is 296 g/mol. The first-order chi connectivity index (χ1) is 8.08. The van der Waals surface area contributed by atoms with Gasteiger partial charge < -0.3 is 5.73 Å². The van der Waals surface area contributed by atoms with E-state index in [4.69, 9.17) is 5.73 Å². The van der Waals surface area contributed by atoms with Crippen LogP contribution in [0.25, 0.3) is 0 Å². The molecule has 17 heavy (non-hydrogen) atoms. The minimum atomic E-state index is 0.365. The fraction of sp³-hybridized carbons (Fsp3) is 0.571. The van der Waals surface area contributed by atoms with Crippen molar-refractivity contribution in [3.05, 3.63) is 34.3 Å². The molecule has 2 N–H and O–H groups in total. The average Bonchev–Trinajstić information content (AvgIpc) is 2.30. The fourth-order valence-electron chi connectivity index (χ4n) is 2.56. The second-order valence-corrected chi connectivity index (χ2v) is 6.07. The molecule has 0 aliphatic carbocycles. The number of halogens is 1. The predicted octanol–water partition coefficient (Wildman–Crippen LogP) is 3.01. The largest absolute Gasteiger partial charge is 0.327 e. The summed E-state index contributed by atoms with van der Waals surface area (Å²) in [6.07, 6.45) is 1.11. The van der Waals surface area contributed by atoms with Crippen molar-refractivity contribution >= 4 is 15.9 Å². The Morgan fingerprint density at radius 3 is 2.88 bits per heavy atom.